The summed E-state index contributed by atoms with van der Waals surface area (Å²) in [7, 11) is 1.65. The summed E-state index contributed by atoms with van der Waals surface area (Å²) in [6.07, 6.45) is 1.26. The van der Waals surface area contributed by atoms with Crippen molar-refractivity contribution in [2.45, 2.75) is 78.1 Å². The molecule has 1 spiro atoms. The van der Waals surface area contributed by atoms with Crippen LogP contribution in [0.1, 0.15) is 71.1 Å². The highest BCUT2D eigenvalue weighted by Gasteiger charge is 2.76. The highest BCUT2D eigenvalue weighted by atomic mass is 16.6. The van der Waals surface area contributed by atoms with Crippen LogP contribution in [0.15, 0.2) is 29.4 Å². The predicted molar refractivity (Wildman–Crippen MR) is 136 cm³/mol. The lowest BCUT2D eigenvalue weighted by Gasteiger charge is -2.48. The van der Waals surface area contributed by atoms with Crippen molar-refractivity contribution in [1.82, 2.24) is 9.78 Å². The van der Waals surface area contributed by atoms with Crippen molar-refractivity contribution in [2.24, 2.45) is 41.5 Å². The molecule has 0 radical (unpaired) electrons. The van der Waals surface area contributed by atoms with E-state index in [0.29, 0.717) is 17.7 Å². The zero-order chi connectivity index (χ0) is 27.5. The second-order valence-corrected chi connectivity index (χ2v) is 13.4. The number of allylic oxidation sites excluding steroid dienone is 1. The molecule has 3 N–H and O–H groups in total. The highest BCUT2D eigenvalue weighted by Crippen LogP contribution is 2.71. The van der Waals surface area contributed by atoms with Gasteiger partial charge in [-0.1, -0.05) is 53.7 Å². The van der Waals surface area contributed by atoms with Crippen LogP contribution in [-0.2, 0) is 22.0 Å². The molecule has 8 heteroatoms. The van der Waals surface area contributed by atoms with Gasteiger partial charge >= 0.3 is 5.97 Å². The Labute approximate surface area is 218 Å². The summed E-state index contributed by atoms with van der Waals surface area (Å²) in [6.45, 7) is 13.4. The van der Waals surface area contributed by atoms with Crippen LogP contribution in [0.4, 0.5) is 0 Å². The minimum absolute atomic E-state index is 0.0474. The third-order valence-corrected chi connectivity index (χ3v) is 9.98. The molecule has 37 heavy (non-hydrogen) atoms. The quantitative estimate of drug-likeness (QED) is 0.420. The van der Waals surface area contributed by atoms with Gasteiger partial charge in [0, 0.05) is 18.4 Å². The van der Waals surface area contributed by atoms with E-state index in [2.05, 4.69) is 18.9 Å². The van der Waals surface area contributed by atoms with Crippen LogP contribution in [0.25, 0.3) is 0 Å². The molecule has 8 nitrogen and oxygen atoms in total. The molecule has 8 atom stereocenters. The number of hydrogen-bond acceptors (Lipinski definition) is 7. The van der Waals surface area contributed by atoms with Crippen LogP contribution in [0.2, 0.25) is 0 Å². The average Bonchev–Trinajstić information content (AvgIpc) is 3.07. The smallest absolute Gasteiger partial charge is 0.357 e. The minimum Gasteiger partial charge on any atom is -0.450 e. The van der Waals surface area contributed by atoms with Crippen molar-refractivity contribution in [2.75, 3.05) is 6.61 Å². The van der Waals surface area contributed by atoms with Gasteiger partial charge in [0.1, 0.15) is 11.8 Å². The first-order valence-corrected chi connectivity index (χ1v) is 13.2. The lowest BCUT2D eigenvalue weighted by Crippen LogP contribution is -2.65. The van der Waals surface area contributed by atoms with E-state index >= 15 is 0 Å². The molecule has 0 saturated heterocycles. The third kappa shape index (κ3) is 3.28. The maximum atomic E-state index is 14.4. The number of nitrogens with zero attached hydrogens (tertiary/aromatic N) is 2. The molecule has 2 unspecified atom stereocenters. The van der Waals surface area contributed by atoms with Gasteiger partial charge in [0.25, 0.3) is 0 Å². The fourth-order valence-corrected chi connectivity index (χ4v) is 7.79. The van der Waals surface area contributed by atoms with Gasteiger partial charge in [-0.3, -0.25) is 9.48 Å². The molecule has 1 aromatic heterocycles. The minimum atomic E-state index is -2.15. The summed E-state index contributed by atoms with van der Waals surface area (Å²) < 4.78 is 7.42. The zero-order valence-corrected chi connectivity index (χ0v) is 23.1. The van der Waals surface area contributed by atoms with E-state index in [1.54, 1.807) is 32.2 Å². The summed E-state index contributed by atoms with van der Waals surface area (Å²) in [5.74, 6) is -1.37. The molecule has 0 aromatic carbocycles. The monoisotopic (exact) mass is 512 g/mol. The molecule has 1 heterocycles. The first kappa shape index (κ1) is 26.3. The number of ketones is 1. The Kier molecular flexibility index (Phi) is 5.60. The fraction of sp³-hybridized carbons (Fsp3) is 0.690. The Balaban J connectivity index is 1.60. The van der Waals surface area contributed by atoms with Crippen LogP contribution >= 0.6 is 0 Å². The first-order chi connectivity index (χ1) is 17.0. The molecular formula is C29H40N2O6. The third-order valence-electron chi connectivity index (χ3n) is 9.98. The van der Waals surface area contributed by atoms with Gasteiger partial charge in [-0.25, -0.2) is 4.79 Å². The summed E-state index contributed by atoms with van der Waals surface area (Å²) in [5.41, 5.74) is -2.30. The summed E-state index contributed by atoms with van der Waals surface area (Å²) >= 11 is 0. The van der Waals surface area contributed by atoms with Crippen molar-refractivity contribution in [1.29, 1.82) is 0 Å². The number of aliphatic hydroxyl groups is 3. The van der Waals surface area contributed by atoms with Gasteiger partial charge in [0.2, 0.25) is 0 Å². The van der Waals surface area contributed by atoms with Crippen molar-refractivity contribution < 1.29 is 29.6 Å². The number of aromatic nitrogens is 2. The Hall–Kier alpha value is -2.29. The fourth-order valence-electron chi connectivity index (χ4n) is 7.79. The molecule has 1 aromatic rings. The van der Waals surface area contributed by atoms with Gasteiger partial charge in [-0.15, -0.1) is 0 Å². The Bertz CT molecular complexity index is 1240. The number of esters is 1. The normalized spacial score (nSPS) is 40.1. The van der Waals surface area contributed by atoms with Crippen LogP contribution < -0.4 is 0 Å². The topological polar surface area (TPSA) is 122 Å². The number of hydrogen-bond donors (Lipinski definition) is 3. The van der Waals surface area contributed by atoms with Gasteiger partial charge in [0.05, 0.1) is 17.7 Å². The molecule has 4 aliphatic rings. The molecule has 202 valence electrons. The van der Waals surface area contributed by atoms with Gasteiger partial charge in [0.15, 0.2) is 17.5 Å². The van der Waals surface area contributed by atoms with E-state index < -0.39 is 41.7 Å². The van der Waals surface area contributed by atoms with Crippen molar-refractivity contribution in [3.63, 3.8) is 0 Å². The Morgan fingerprint density at radius 3 is 2.51 bits per heavy atom. The van der Waals surface area contributed by atoms with Crippen LogP contribution in [-0.4, -0.2) is 61.3 Å². The van der Waals surface area contributed by atoms with Gasteiger partial charge in [-0.05, 0) is 53.7 Å². The van der Waals surface area contributed by atoms with Gasteiger partial charge < -0.3 is 20.1 Å². The summed E-state index contributed by atoms with van der Waals surface area (Å²) in [4.78, 5) is 27.9. The van der Waals surface area contributed by atoms with E-state index in [0.717, 1.165) is 0 Å². The number of aliphatic hydroxyl groups excluding tert-OH is 2. The molecular weight excluding hydrogens is 472 g/mol. The lowest BCUT2D eigenvalue weighted by atomic mass is 9.59. The lowest BCUT2D eigenvalue weighted by molar-refractivity contribution is -0.190. The standard InChI is InChI=1S/C29H40N2O6/c1-14-12-28-15(2)9-18-21(27(18,6)7)17(23(28)34)10-16(13-32)22(33)29(28,36)24(14)37-25(35)19-11-20(26(3,4)5)30-31(19)8/h10-12,15,17-18,21-22,24,32-33,36H,9,13H2,1-8H3/t15?,17-,18+,21-,22+,24-,28?,29-/m0/s1. The Morgan fingerprint density at radius 2 is 1.95 bits per heavy atom. The van der Waals surface area contributed by atoms with E-state index in [9.17, 15) is 24.9 Å². The number of carbonyl (C=O) groups is 2. The largest absolute Gasteiger partial charge is 0.450 e. The van der Waals surface area contributed by atoms with E-state index in [-0.39, 0.29) is 45.6 Å². The number of ether oxygens (including phenoxy) is 1. The predicted octanol–water partition coefficient (Wildman–Crippen LogP) is 2.71. The molecule has 2 bridgehead atoms. The highest BCUT2D eigenvalue weighted by molar-refractivity contribution is 5.96. The van der Waals surface area contributed by atoms with E-state index in [4.69, 9.17) is 4.74 Å². The number of aryl methyl sites for hydroxylation is 1. The SMILES string of the molecule is CC1=CC23C(=O)[C@@H](C=C(CO)[C@@H](O)[C@]2(O)[C@H]1OC(=O)c1cc(C(C)(C)C)nn1C)[C@H]1[C@@H](CC3C)C1(C)C. The molecule has 5 rings (SSSR count). The van der Waals surface area contributed by atoms with E-state index in [1.807, 2.05) is 27.7 Å². The second-order valence-electron chi connectivity index (χ2n) is 13.4. The average molecular weight is 513 g/mol. The number of carbonyl (C=O) groups excluding carboxylic acids is 2. The molecule has 0 amide bonds. The Morgan fingerprint density at radius 1 is 1.30 bits per heavy atom. The van der Waals surface area contributed by atoms with Crippen LogP contribution in [0.3, 0.4) is 0 Å². The van der Waals surface area contributed by atoms with Crippen LogP contribution in [0.5, 0.6) is 0 Å². The van der Waals surface area contributed by atoms with Gasteiger partial charge in [-0.2, -0.15) is 5.10 Å². The van der Waals surface area contributed by atoms with E-state index in [1.165, 1.54) is 4.68 Å². The van der Waals surface area contributed by atoms with Crippen LogP contribution in [0, 0.1) is 34.5 Å². The maximum Gasteiger partial charge on any atom is 0.357 e. The molecule has 4 aliphatic carbocycles. The number of fused-ring (bicyclic) bond motifs is 3. The van der Waals surface area contributed by atoms with Crippen molar-refractivity contribution in [3.8, 4) is 0 Å². The summed E-state index contributed by atoms with van der Waals surface area (Å²) in [5, 5.41) is 38.8. The number of Topliss-reactive ketones (excluding diaryl/α,β-unsaturated/α-hetero) is 1. The van der Waals surface area contributed by atoms with Crippen molar-refractivity contribution in [3.05, 3.63) is 40.8 Å². The molecule has 0 aliphatic heterocycles. The summed E-state index contributed by atoms with van der Waals surface area (Å²) in [6, 6.07) is 1.67. The molecule has 2 saturated carbocycles. The number of rotatable bonds is 3. The zero-order valence-electron chi connectivity index (χ0n) is 23.1. The maximum absolute atomic E-state index is 14.4. The molecule has 2 fully saturated rings. The second kappa shape index (κ2) is 7.87. The first-order valence-electron chi connectivity index (χ1n) is 13.2. The van der Waals surface area contributed by atoms with Crippen molar-refractivity contribution >= 4 is 11.8 Å².